The fourth-order valence-corrected chi connectivity index (χ4v) is 2.14. The molecule has 1 atom stereocenters. The number of nitrogens with zero attached hydrogens (tertiary/aromatic N) is 1. The lowest BCUT2D eigenvalue weighted by Crippen LogP contribution is -2.48. The maximum absolute atomic E-state index is 12.4. The molecule has 0 bridgehead atoms. The van der Waals surface area contributed by atoms with E-state index in [0.717, 1.165) is 5.56 Å². The summed E-state index contributed by atoms with van der Waals surface area (Å²) in [7, 11) is 1.84. The number of hydrogen-bond acceptors (Lipinski definition) is 3. The molecule has 1 aromatic rings. The van der Waals surface area contributed by atoms with Gasteiger partial charge < -0.3 is 5.32 Å². The van der Waals surface area contributed by atoms with Crippen LogP contribution in [0.2, 0.25) is 0 Å². The Morgan fingerprint density at radius 2 is 1.95 bits per heavy atom. The van der Waals surface area contributed by atoms with Crippen molar-refractivity contribution in [2.45, 2.75) is 33.7 Å². The molecule has 0 saturated heterocycles. The molecule has 0 aliphatic heterocycles. The Morgan fingerprint density at radius 1 is 1.35 bits per heavy atom. The Kier molecular flexibility index (Phi) is 5.45. The summed E-state index contributed by atoms with van der Waals surface area (Å²) >= 11 is 0. The van der Waals surface area contributed by atoms with Crippen LogP contribution in [-0.2, 0) is 4.79 Å². The van der Waals surface area contributed by atoms with Crippen molar-refractivity contribution in [1.29, 1.82) is 0 Å². The average Bonchev–Trinajstić information content (AvgIpc) is 2.38. The van der Waals surface area contributed by atoms with Gasteiger partial charge in [0.15, 0.2) is 0 Å². The lowest BCUT2D eigenvalue weighted by Gasteiger charge is -2.33. The van der Waals surface area contributed by atoms with Gasteiger partial charge in [0.1, 0.15) is 0 Å². The van der Waals surface area contributed by atoms with Gasteiger partial charge >= 0.3 is 0 Å². The molecular formula is C16H24N2O2. The van der Waals surface area contributed by atoms with Crippen LogP contribution in [0.4, 0.5) is 0 Å². The minimum atomic E-state index is -0.248. The molecule has 20 heavy (non-hydrogen) atoms. The van der Waals surface area contributed by atoms with Crippen LogP contribution >= 0.6 is 0 Å². The van der Waals surface area contributed by atoms with Gasteiger partial charge in [-0.25, -0.2) is 0 Å². The van der Waals surface area contributed by atoms with Crippen molar-refractivity contribution in [2.75, 3.05) is 13.6 Å². The van der Waals surface area contributed by atoms with E-state index in [9.17, 15) is 9.59 Å². The highest BCUT2D eigenvalue weighted by molar-refractivity contribution is 6.00. The van der Waals surface area contributed by atoms with Gasteiger partial charge in [0, 0.05) is 18.2 Å². The number of rotatable bonds is 5. The molecule has 1 unspecified atom stereocenters. The van der Waals surface area contributed by atoms with Crippen molar-refractivity contribution < 1.29 is 9.59 Å². The monoisotopic (exact) mass is 276 g/mol. The van der Waals surface area contributed by atoms with Crippen molar-refractivity contribution in [3.05, 3.63) is 35.4 Å². The van der Waals surface area contributed by atoms with Gasteiger partial charge in [0.2, 0.25) is 6.41 Å². The highest BCUT2D eigenvalue weighted by Gasteiger charge is 2.27. The van der Waals surface area contributed by atoms with Crippen LogP contribution in [0.5, 0.6) is 0 Å². The maximum atomic E-state index is 12.4. The Morgan fingerprint density at radius 3 is 2.40 bits per heavy atom. The summed E-state index contributed by atoms with van der Waals surface area (Å²) in [5, 5.41) is 3.17. The van der Waals surface area contributed by atoms with E-state index in [2.05, 4.69) is 26.1 Å². The molecule has 0 heterocycles. The SMILES string of the molecule is CNC(CN(C=O)C(=O)c1ccccc1C)C(C)(C)C. The molecule has 0 aliphatic rings. The number of carbonyl (C=O) groups is 2. The van der Waals surface area contributed by atoms with Gasteiger partial charge in [0.25, 0.3) is 5.91 Å². The van der Waals surface area contributed by atoms with Gasteiger partial charge in [-0.2, -0.15) is 0 Å². The van der Waals surface area contributed by atoms with Gasteiger partial charge in [-0.15, -0.1) is 0 Å². The van der Waals surface area contributed by atoms with E-state index in [1.54, 1.807) is 6.07 Å². The number of hydrogen-bond donors (Lipinski definition) is 1. The van der Waals surface area contributed by atoms with Crippen LogP contribution in [0.3, 0.4) is 0 Å². The molecule has 1 N–H and O–H groups in total. The largest absolute Gasteiger partial charge is 0.315 e. The number of nitrogens with one attached hydrogen (secondary N) is 1. The fraction of sp³-hybridized carbons (Fsp3) is 0.500. The van der Waals surface area contributed by atoms with Crippen LogP contribution in [0.25, 0.3) is 0 Å². The van der Waals surface area contributed by atoms with E-state index in [1.165, 1.54) is 4.90 Å². The van der Waals surface area contributed by atoms with Crippen LogP contribution in [0, 0.1) is 12.3 Å². The maximum Gasteiger partial charge on any atom is 0.260 e. The third-order valence-corrected chi connectivity index (χ3v) is 3.54. The number of amides is 2. The Hall–Kier alpha value is -1.68. The molecule has 0 saturated carbocycles. The zero-order valence-electron chi connectivity index (χ0n) is 12.9. The first-order valence-electron chi connectivity index (χ1n) is 6.80. The summed E-state index contributed by atoms with van der Waals surface area (Å²) in [5.74, 6) is -0.248. The van der Waals surface area contributed by atoms with Crippen LogP contribution in [0.1, 0.15) is 36.7 Å². The molecule has 4 heteroatoms. The van der Waals surface area contributed by atoms with Crippen molar-refractivity contribution in [3.8, 4) is 0 Å². The standard InChI is InChI=1S/C16H24N2O2/c1-12-8-6-7-9-13(12)15(20)18(11-19)10-14(17-5)16(2,3)4/h6-9,11,14,17H,10H2,1-5H3. The molecule has 1 aromatic carbocycles. The van der Waals surface area contributed by atoms with Crippen molar-refractivity contribution in [1.82, 2.24) is 10.2 Å². The predicted molar refractivity (Wildman–Crippen MR) is 80.6 cm³/mol. The Balaban J connectivity index is 2.94. The second kappa shape index (κ2) is 6.66. The molecule has 0 aliphatic carbocycles. The topological polar surface area (TPSA) is 49.4 Å². The quantitative estimate of drug-likeness (QED) is 0.839. The average molecular weight is 276 g/mol. The van der Waals surface area contributed by atoms with Crippen LogP contribution < -0.4 is 5.32 Å². The molecule has 4 nitrogen and oxygen atoms in total. The lowest BCUT2D eigenvalue weighted by molar-refractivity contribution is -0.116. The summed E-state index contributed by atoms with van der Waals surface area (Å²) in [4.78, 5) is 25.0. The smallest absolute Gasteiger partial charge is 0.260 e. The molecule has 1 rings (SSSR count). The van der Waals surface area contributed by atoms with Crippen LogP contribution in [-0.4, -0.2) is 36.9 Å². The van der Waals surface area contributed by atoms with E-state index in [0.29, 0.717) is 18.5 Å². The fourth-order valence-electron chi connectivity index (χ4n) is 2.14. The number of benzene rings is 1. The highest BCUT2D eigenvalue weighted by Crippen LogP contribution is 2.20. The zero-order valence-corrected chi connectivity index (χ0v) is 12.9. The first kappa shape index (κ1) is 16.4. The summed E-state index contributed by atoms with van der Waals surface area (Å²) in [6, 6.07) is 7.35. The van der Waals surface area contributed by atoms with Crippen molar-refractivity contribution in [2.24, 2.45) is 5.41 Å². The third-order valence-electron chi connectivity index (χ3n) is 3.54. The highest BCUT2D eigenvalue weighted by atomic mass is 16.2. The van der Waals surface area contributed by atoms with E-state index in [1.807, 2.05) is 32.2 Å². The molecule has 0 spiro atoms. The zero-order chi connectivity index (χ0) is 15.3. The predicted octanol–water partition coefficient (Wildman–Crippen LogP) is 2.23. The number of carbonyl (C=O) groups excluding carboxylic acids is 2. The third kappa shape index (κ3) is 3.90. The van der Waals surface area contributed by atoms with Crippen molar-refractivity contribution >= 4 is 12.3 Å². The van der Waals surface area contributed by atoms with Gasteiger partial charge in [-0.1, -0.05) is 39.0 Å². The van der Waals surface area contributed by atoms with E-state index in [4.69, 9.17) is 0 Å². The molecular weight excluding hydrogens is 252 g/mol. The van der Waals surface area contributed by atoms with E-state index < -0.39 is 0 Å². The molecule has 0 fully saturated rings. The number of aryl methyl sites for hydroxylation is 1. The Labute approximate surface area is 121 Å². The van der Waals surface area contributed by atoms with Gasteiger partial charge in [0.05, 0.1) is 0 Å². The van der Waals surface area contributed by atoms with Gasteiger partial charge in [-0.05, 0) is 31.0 Å². The first-order chi connectivity index (χ1) is 9.31. The summed E-state index contributed by atoms with van der Waals surface area (Å²) in [6.45, 7) is 8.46. The Bertz CT molecular complexity index is 478. The number of imide groups is 1. The number of likely N-dealkylation sites (N-methyl/N-ethyl adjacent to an activating group) is 1. The normalized spacial score (nSPS) is 12.8. The second-order valence-corrected chi connectivity index (χ2v) is 6.09. The minimum Gasteiger partial charge on any atom is -0.315 e. The molecule has 2 amide bonds. The summed E-state index contributed by atoms with van der Waals surface area (Å²) in [6.07, 6.45) is 0.616. The second-order valence-electron chi connectivity index (χ2n) is 6.09. The lowest BCUT2D eigenvalue weighted by atomic mass is 9.86. The summed E-state index contributed by atoms with van der Waals surface area (Å²) in [5.41, 5.74) is 1.41. The molecule has 0 radical (unpaired) electrons. The first-order valence-corrected chi connectivity index (χ1v) is 6.80. The minimum absolute atomic E-state index is 0.0397. The summed E-state index contributed by atoms with van der Waals surface area (Å²) < 4.78 is 0. The molecule has 110 valence electrons. The van der Waals surface area contributed by atoms with Crippen molar-refractivity contribution in [3.63, 3.8) is 0 Å². The van der Waals surface area contributed by atoms with E-state index >= 15 is 0 Å². The van der Waals surface area contributed by atoms with Gasteiger partial charge in [-0.3, -0.25) is 14.5 Å². The molecule has 0 aromatic heterocycles. The van der Waals surface area contributed by atoms with Crippen LogP contribution in [0.15, 0.2) is 24.3 Å². The van der Waals surface area contributed by atoms with E-state index in [-0.39, 0.29) is 17.4 Å².